The Morgan fingerprint density at radius 3 is 2.97 bits per heavy atom. The van der Waals surface area contributed by atoms with Crippen LogP contribution in [0.2, 0.25) is 0 Å². The molecule has 2 heterocycles. The number of carbonyl (C=O) groups excluding carboxylic acids is 1. The van der Waals surface area contributed by atoms with Crippen molar-refractivity contribution in [2.45, 2.75) is 39.3 Å². The van der Waals surface area contributed by atoms with E-state index in [0.29, 0.717) is 23.0 Å². The summed E-state index contributed by atoms with van der Waals surface area (Å²) in [5.74, 6) is 1.35. The number of nitrogens with zero attached hydrogens (tertiary/aromatic N) is 4. The summed E-state index contributed by atoms with van der Waals surface area (Å²) in [5, 5.41) is 13.4. The zero-order valence-corrected chi connectivity index (χ0v) is 17.8. The minimum absolute atomic E-state index is 0.128. The van der Waals surface area contributed by atoms with Crippen LogP contribution in [0.1, 0.15) is 35.2 Å². The van der Waals surface area contributed by atoms with Crippen molar-refractivity contribution in [3.8, 4) is 6.07 Å². The summed E-state index contributed by atoms with van der Waals surface area (Å²) >= 11 is 1.56. The quantitative estimate of drug-likeness (QED) is 0.698. The van der Waals surface area contributed by atoms with Gasteiger partial charge in [-0.05, 0) is 57.0 Å². The number of para-hydroxylation sites is 2. The molecule has 1 N–H and O–H groups in total. The summed E-state index contributed by atoms with van der Waals surface area (Å²) in [7, 11) is 3.97. The lowest BCUT2D eigenvalue weighted by molar-refractivity contribution is -0.116. The number of thiophene rings is 1. The van der Waals surface area contributed by atoms with E-state index in [1.165, 1.54) is 4.88 Å². The SMILES string of the molecule is CC1CCc2c(sc(NC(=O)Cn3c(CN(C)C)nc4ccccc43)c2C#N)C1. The maximum absolute atomic E-state index is 12.9. The number of nitrogens with one attached hydrogen (secondary N) is 1. The van der Waals surface area contributed by atoms with Gasteiger partial charge in [-0.25, -0.2) is 4.98 Å². The van der Waals surface area contributed by atoms with Crippen LogP contribution in [-0.2, 0) is 30.7 Å². The summed E-state index contributed by atoms with van der Waals surface area (Å²) in [4.78, 5) is 20.9. The number of carbonyl (C=O) groups is 1. The lowest BCUT2D eigenvalue weighted by atomic mass is 9.89. The highest BCUT2D eigenvalue weighted by Gasteiger charge is 2.25. The van der Waals surface area contributed by atoms with Gasteiger partial charge in [0.1, 0.15) is 23.4 Å². The standard InChI is InChI=1S/C22H25N5OS/c1-14-8-9-15-16(11-23)22(29-19(15)10-14)25-21(28)13-27-18-7-5-4-6-17(18)24-20(27)12-26(2)3/h4-7,14H,8-10,12-13H2,1-3H3,(H,25,28). The van der Waals surface area contributed by atoms with Gasteiger partial charge >= 0.3 is 0 Å². The summed E-state index contributed by atoms with van der Waals surface area (Å²) < 4.78 is 1.96. The number of benzene rings is 1. The van der Waals surface area contributed by atoms with Crippen LogP contribution < -0.4 is 5.32 Å². The van der Waals surface area contributed by atoms with E-state index in [2.05, 4.69) is 18.3 Å². The van der Waals surface area contributed by atoms with Crippen molar-refractivity contribution in [3.63, 3.8) is 0 Å². The topological polar surface area (TPSA) is 74.0 Å². The highest BCUT2D eigenvalue weighted by Crippen LogP contribution is 2.39. The number of nitriles is 1. The summed E-state index contributed by atoms with van der Waals surface area (Å²) in [6.45, 7) is 3.06. The van der Waals surface area contributed by atoms with Gasteiger partial charge in [-0.1, -0.05) is 19.1 Å². The van der Waals surface area contributed by atoms with E-state index in [9.17, 15) is 10.1 Å². The molecular formula is C22H25N5OS. The molecule has 1 aliphatic carbocycles. The predicted molar refractivity (Wildman–Crippen MR) is 116 cm³/mol. The van der Waals surface area contributed by atoms with Crippen molar-refractivity contribution < 1.29 is 4.79 Å². The zero-order valence-electron chi connectivity index (χ0n) is 17.0. The number of fused-ring (bicyclic) bond motifs is 2. The van der Waals surface area contributed by atoms with Gasteiger partial charge in [0.15, 0.2) is 0 Å². The Labute approximate surface area is 174 Å². The van der Waals surface area contributed by atoms with Gasteiger partial charge in [-0.3, -0.25) is 4.79 Å². The molecular weight excluding hydrogens is 382 g/mol. The molecule has 6 nitrogen and oxygen atoms in total. The molecule has 7 heteroatoms. The first-order valence-corrected chi connectivity index (χ1v) is 10.7. The molecule has 4 rings (SSSR count). The normalized spacial score (nSPS) is 16.0. The first-order chi connectivity index (χ1) is 14.0. The second-order valence-corrected chi connectivity index (χ2v) is 9.16. The van der Waals surface area contributed by atoms with Gasteiger partial charge in [-0.15, -0.1) is 11.3 Å². The molecule has 0 saturated carbocycles. The van der Waals surface area contributed by atoms with Crippen molar-refractivity contribution >= 4 is 33.3 Å². The molecule has 1 aliphatic rings. The molecule has 2 aromatic heterocycles. The fraction of sp³-hybridized carbons (Fsp3) is 0.409. The second-order valence-electron chi connectivity index (χ2n) is 8.06. The Morgan fingerprint density at radius 1 is 1.41 bits per heavy atom. The number of hydrogen-bond donors (Lipinski definition) is 1. The fourth-order valence-electron chi connectivity index (χ4n) is 3.97. The minimum Gasteiger partial charge on any atom is -0.317 e. The zero-order chi connectivity index (χ0) is 20.5. The maximum Gasteiger partial charge on any atom is 0.245 e. The van der Waals surface area contributed by atoms with Crippen LogP contribution in [0.25, 0.3) is 11.0 Å². The van der Waals surface area contributed by atoms with E-state index >= 15 is 0 Å². The largest absolute Gasteiger partial charge is 0.317 e. The Balaban J connectivity index is 1.61. The van der Waals surface area contributed by atoms with Crippen molar-refractivity contribution in [1.82, 2.24) is 14.5 Å². The minimum atomic E-state index is -0.128. The van der Waals surface area contributed by atoms with Crippen LogP contribution in [0, 0.1) is 17.2 Å². The van der Waals surface area contributed by atoms with Crippen LogP contribution in [-0.4, -0.2) is 34.5 Å². The van der Waals surface area contributed by atoms with Crippen LogP contribution >= 0.6 is 11.3 Å². The van der Waals surface area contributed by atoms with Gasteiger partial charge in [-0.2, -0.15) is 5.26 Å². The van der Waals surface area contributed by atoms with Crippen LogP contribution in [0.4, 0.5) is 5.00 Å². The third kappa shape index (κ3) is 3.91. The second kappa shape index (κ2) is 7.97. The Kier molecular flexibility index (Phi) is 5.39. The number of amides is 1. The fourth-order valence-corrected chi connectivity index (χ4v) is 5.35. The smallest absolute Gasteiger partial charge is 0.245 e. The lowest BCUT2D eigenvalue weighted by Gasteiger charge is -2.17. The molecule has 29 heavy (non-hydrogen) atoms. The third-order valence-electron chi connectivity index (χ3n) is 5.37. The van der Waals surface area contributed by atoms with Crippen molar-refractivity contribution in [2.75, 3.05) is 19.4 Å². The molecule has 1 amide bonds. The van der Waals surface area contributed by atoms with E-state index in [1.807, 2.05) is 47.8 Å². The number of hydrogen-bond acceptors (Lipinski definition) is 5. The molecule has 0 aliphatic heterocycles. The third-order valence-corrected chi connectivity index (χ3v) is 6.54. The van der Waals surface area contributed by atoms with Gasteiger partial charge in [0.05, 0.1) is 23.1 Å². The Hall–Kier alpha value is -2.69. The highest BCUT2D eigenvalue weighted by molar-refractivity contribution is 7.16. The highest BCUT2D eigenvalue weighted by atomic mass is 32.1. The first kappa shape index (κ1) is 19.6. The molecule has 0 saturated heterocycles. The maximum atomic E-state index is 12.9. The number of anilines is 1. The van der Waals surface area contributed by atoms with Crippen molar-refractivity contribution in [3.05, 3.63) is 46.1 Å². The van der Waals surface area contributed by atoms with Gasteiger partial charge in [0.25, 0.3) is 0 Å². The molecule has 0 radical (unpaired) electrons. The number of aromatic nitrogens is 2. The van der Waals surface area contributed by atoms with Gasteiger partial charge in [0, 0.05) is 4.88 Å². The molecule has 3 aromatic rings. The lowest BCUT2D eigenvalue weighted by Crippen LogP contribution is -2.22. The molecule has 150 valence electrons. The van der Waals surface area contributed by atoms with E-state index in [0.717, 1.165) is 41.7 Å². The van der Waals surface area contributed by atoms with Crippen molar-refractivity contribution in [2.24, 2.45) is 5.92 Å². The van der Waals surface area contributed by atoms with Crippen LogP contribution in [0.5, 0.6) is 0 Å². The molecule has 1 atom stereocenters. The van der Waals surface area contributed by atoms with Crippen molar-refractivity contribution in [1.29, 1.82) is 5.26 Å². The molecule has 0 fully saturated rings. The van der Waals surface area contributed by atoms with E-state index in [1.54, 1.807) is 11.3 Å². The summed E-state index contributed by atoms with van der Waals surface area (Å²) in [6, 6.07) is 10.2. The number of rotatable bonds is 5. The van der Waals surface area contributed by atoms with Crippen LogP contribution in [0.15, 0.2) is 24.3 Å². The summed E-state index contributed by atoms with van der Waals surface area (Å²) in [5.41, 5.74) is 3.61. The molecule has 0 bridgehead atoms. The average molecular weight is 408 g/mol. The summed E-state index contributed by atoms with van der Waals surface area (Å²) in [6.07, 6.45) is 3.01. The van der Waals surface area contributed by atoms with Gasteiger partial charge in [0.2, 0.25) is 5.91 Å². The Bertz CT molecular complexity index is 1100. The molecule has 1 unspecified atom stereocenters. The molecule has 1 aromatic carbocycles. The first-order valence-electron chi connectivity index (χ1n) is 9.89. The predicted octanol–water partition coefficient (Wildman–Crippen LogP) is 3.79. The number of imidazole rings is 1. The van der Waals surface area contributed by atoms with E-state index < -0.39 is 0 Å². The van der Waals surface area contributed by atoms with Crippen LogP contribution in [0.3, 0.4) is 0 Å². The van der Waals surface area contributed by atoms with Gasteiger partial charge < -0.3 is 14.8 Å². The molecule has 0 spiro atoms. The Morgan fingerprint density at radius 2 is 2.21 bits per heavy atom. The average Bonchev–Trinajstić information content (AvgIpc) is 3.18. The monoisotopic (exact) mass is 407 g/mol. The van der Waals surface area contributed by atoms with E-state index in [-0.39, 0.29) is 12.5 Å². The van der Waals surface area contributed by atoms with E-state index in [4.69, 9.17) is 4.98 Å².